The number of alkyl halides is 4. The van der Waals surface area contributed by atoms with Crippen LogP contribution in [0.5, 0.6) is 0 Å². The zero-order valence-corrected chi connectivity index (χ0v) is 8.52. The molecule has 5 heteroatoms. The van der Waals surface area contributed by atoms with Gasteiger partial charge in [-0.2, -0.15) is 13.2 Å². The second kappa shape index (κ2) is 4.86. The predicted molar refractivity (Wildman–Crippen MR) is 51.9 cm³/mol. The van der Waals surface area contributed by atoms with Crippen molar-refractivity contribution >= 4 is 11.6 Å². The zero-order chi connectivity index (χ0) is 11.5. The summed E-state index contributed by atoms with van der Waals surface area (Å²) in [6.45, 7) is 0. The fraction of sp³-hybridized carbons (Fsp3) is 0.400. The number of benzene rings is 1. The van der Waals surface area contributed by atoms with Gasteiger partial charge in [-0.05, 0) is 18.1 Å². The first-order valence-corrected chi connectivity index (χ1v) is 4.87. The van der Waals surface area contributed by atoms with E-state index < -0.39 is 17.8 Å². The molecule has 0 aromatic heterocycles. The predicted octanol–water partition coefficient (Wildman–Crippen LogP) is 2.85. The number of aliphatic hydroxyl groups is 1. The Morgan fingerprint density at radius 2 is 2.00 bits per heavy atom. The molecule has 0 spiro atoms. The third-order valence-electron chi connectivity index (χ3n) is 1.90. The highest BCUT2D eigenvalue weighted by atomic mass is 35.5. The Balaban J connectivity index is 2.84. The molecule has 1 atom stereocenters. The molecular formula is C10H10ClF3O. The number of hydrogen-bond donors (Lipinski definition) is 1. The van der Waals surface area contributed by atoms with Crippen LogP contribution in [-0.2, 0) is 12.6 Å². The first kappa shape index (κ1) is 12.3. The summed E-state index contributed by atoms with van der Waals surface area (Å²) in [7, 11) is 0. The van der Waals surface area contributed by atoms with Crippen molar-refractivity contribution in [1.29, 1.82) is 0 Å². The molecule has 84 valence electrons. The Labute approximate surface area is 90.5 Å². The van der Waals surface area contributed by atoms with E-state index >= 15 is 0 Å². The smallest absolute Gasteiger partial charge is 0.392 e. The minimum absolute atomic E-state index is 0.0102. The van der Waals surface area contributed by atoms with Crippen molar-refractivity contribution in [3.8, 4) is 0 Å². The van der Waals surface area contributed by atoms with Gasteiger partial charge in [0.15, 0.2) is 0 Å². The molecule has 0 aliphatic carbocycles. The molecule has 0 amide bonds. The minimum Gasteiger partial charge on any atom is -0.392 e. The molecule has 1 aromatic carbocycles. The van der Waals surface area contributed by atoms with E-state index in [1.807, 2.05) is 0 Å². The molecule has 1 nitrogen and oxygen atoms in total. The fourth-order valence-corrected chi connectivity index (χ4v) is 1.31. The normalized spacial score (nSPS) is 13.9. The van der Waals surface area contributed by atoms with Crippen LogP contribution in [0.3, 0.4) is 0 Å². The molecule has 15 heavy (non-hydrogen) atoms. The zero-order valence-electron chi connectivity index (χ0n) is 7.76. The average molecular weight is 239 g/mol. The van der Waals surface area contributed by atoms with Crippen LogP contribution in [0.25, 0.3) is 0 Å². The highest BCUT2D eigenvalue weighted by Gasteiger charge is 2.30. The fourth-order valence-electron chi connectivity index (χ4n) is 1.20. The third kappa shape index (κ3) is 3.72. The van der Waals surface area contributed by atoms with E-state index in [4.69, 9.17) is 11.6 Å². The standard InChI is InChI=1S/C10H10ClF3O/c11-6-9(15)5-7-2-1-3-8(4-7)10(12,13)14/h1-4,9,15H,5-6H2/t9-/m1/s1. The molecule has 0 bridgehead atoms. The van der Waals surface area contributed by atoms with Crippen molar-refractivity contribution in [2.24, 2.45) is 0 Å². The molecule has 0 saturated carbocycles. The molecule has 0 saturated heterocycles. The van der Waals surface area contributed by atoms with E-state index in [2.05, 4.69) is 0 Å². The minimum atomic E-state index is -4.35. The maximum absolute atomic E-state index is 12.3. The Morgan fingerprint density at radius 3 is 2.53 bits per heavy atom. The van der Waals surface area contributed by atoms with Crippen molar-refractivity contribution in [3.05, 3.63) is 35.4 Å². The maximum atomic E-state index is 12.3. The van der Waals surface area contributed by atoms with Crippen molar-refractivity contribution < 1.29 is 18.3 Å². The number of hydrogen-bond acceptors (Lipinski definition) is 1. The summed E-state index contributed by atoms with van der Waals surface area (Å²) in [4.78, 5) is 0. The summed E-state index contributed by atoms with van der Waals surface area (Å²) in [6.07, 6.45) is -5.02. The highest BCUT2D eigenvalue weighted by molar-refractivity contribution is 6.18. The van der Waals surface area contributed by atoms with Crippen molar-refractivity contribution in [3.63, 3.8) is 0 Å². The van der Waals surface area contributed by atoms with Crippen LogP contribution < -0.4 is 0 Å². The number of rotatable bonds is 3. The molecule has 1 aromatic rings. The molecular weight excluding hydrogens is 229 g/mol. The van der Waals surface area contributed by atoms with Crippen molar-refractivity contribution in [2.75, 3.05) is 5.88 Å². The summed E-state index contributed by atoms with van der Waals surface area (Å²) in [5, 5.41) is 9.19. The molecule has 1 N–H and O–H groups in total. The van der Waals surface area contributed by atoms with E-state index in [0.717, 1.165) is 12.1 Å². The van der Waals surface area contributed by atoms with Crippen LogP contribution in [-0.4, -0.2) is 17.1 Å². The lowest BCUT2D eigenvalue weighted by Crippen LogP contribution is -2.13. The summed E-state index contributed by atoms with van der Waals surface area (Å²) < 4.78 is 36.9. The lowest BCUT2D eigenvalue weighted by atomic mass is 10.1. The van der Waals surface area contributed by atoms with E-state index in [1.54, 1.807) is 0 Å². The second-order valence-corrected chi connectivity index (χ2v) is 3.52. The Morgan fingerprint density at radius 1 is 1.33 bits per heavy atom. The maximum Gasteiger partial charge on any atom is 0.416 e. The van der Waals surface area contributed by atoms with Gasteiger partial charge in [0, 0.05) is 5.88 Å². The Hall–Kier alpha value is -0.740. The summed E-state index contributed by atoms with van der Waals surface area (Å²) in [5.74, 6) is 0.0102. The van der Waals surface area contributed by atoms with E-state index in [9.17, 15) is 18.3 Å². The van der Waals surface area contributed by atoms with Crippen LogP contribution in [0.15, 0.2) is 24.3 Å². The SMILES string of the molecule is O[C@@H](CCl)Cc1cccc(C(F)(F)F)c1. The molecule has 0 unspecified atom stereocenters. The van der Waals surface area contributed by atoms with Gasteiger partial charge in [0.1, 0.15) is 0 Å². The van der Waals surface area contributed by atoms with Gasteiger partial charge in [0.2, 0.25) is 0 Å². The largest absolute Gasteiger partial charge is 0.416 e. The van der Waals surface area contributed by atoms with Gasteiger partial charge in [0.25, 0.3) is 0 Å². The highest BCUT2D eigenvalue weighted by Crippen LogP contribution is 2.29. The van der Waals surface area contributed by atoms with Crippen LogP contribution >= 0.6 is 11.6 Å². The Kier molecular flexibility index (Phi) is 3.99. The van der Waals surface area contributed by atoms with Gasteiger partial charge in [-0.15, -0.1) is 11.6 Å². The van der Waals surface area contributed by atoms with Crippen LogP contribution in [0.4, 0.5) is 13.2 Å². The van der Waals surface area contributed by atoms with Crippen LogP contribution in [0.2, 0.25) is 0 Å². The third-order valence-corrected chi connectivity index (χ3v) is 2.26. The van der Waals surface area contributed by atoms with E-state index in [0.29, 0.717) is 5.56 Å². The van der Waals surface area contributed by atoms with Crippen molar-refractivity contribution in [2.45, 2.75) is 18.7 Å². The lowest BCUT2D eigenvalue weighted by Gasteiger charge is -2.10. The number of aliphatic hydroxyl groups excluding tert-OH is 1. The van der Waals surface area contributed by atoms with Gasteiger partial charge >= 0.3 is 6.18 Å². The topological polar surface area (TPSA) is 20.2 Å². The van der Waals surface area contributed by atoms with E-state index in [1.165, 1.54) is 12.1 Å². The van der Waals surface area contributed by atoms with Gasteiger partial charge in [-0.1, -0.05) is 18.2 Å². The second-order valence-electron chi connectivity index (χ2n) is 3.21. The molecule has 0 heterocycles. The lowest BCUT2D eigenvalue weighted by molar-refractivity contribution is -0.137. The number of halogens is 4. The quantitative estimate of drug-likeness (QED) is 0.803. The molecule has 0 radical (unpaired) electrons. The first-order valence-electron chi connectivity index (χ1n) is 4.33. The van der Waals surface area contributed by atoms with Gasteiger partial charge in [-0.25, -0.2) is 0 Å². The Bertz CT molecular complexity index is 325. The van der Waals surface area contributed by atoms with Crippen molar-refractivity contribution in [1.82, 2.24) is 0 Å². The molecule has 0 aliphatic rings. The summed E-state index contributed by atoms with van der Waals surface area (Å²) >= 11 is 5.36. The van der Waals surface area contributed by atoms with Crippen LogP contribution in [0, 0.1) is 0 Å². The summed E-state index contributed by atoms with van der Waals surface area (Å²) in [6, 6.07) is 4.87. The monoisotopic (exact) mass is 238 g/mol. The average Bonchev–Trinajstić information content (AvgIpc) is 2.17. The van der Waals surface area contributed by atoms with Gasteiger partial charge in [0.05, 0.1) is 11.7 Å². The molecule has 0 fully saturated rings. The van der Waals surface area contributed by atoms with Gasteiger partial charge < -0.3 is 5.11 Å². The van der Waals surface area contributed by atoms with Gasteiger partial charge in [-0.3, -0.25) is 0 Å². The summed E-state index contributed by atoms with van der Waals surface area (Å²) in [5.41, 5.74) is -0.278. The first-order chi connectivity index (χ1) is 6.93. The van der Waals surface area contributed by atoms with Crippen LogP contribution in [0.1, 0.15) is 11.1 Å². The molecule has 0 aliphatic heterocycles. The van der Waals surface area contributed by atoms with E-state index in [-0.39, 0.29) is 12.3 Å². The molecule has 1 rings (SSSR count).